The molecule has 1 aliphatic carbocycles. The number of ether oxygens (including phenoxy) is 2. The topological polar surface area (TPSA) is 18.5 Å². The summed E-state index contributed by atoms with van der Waals surface area (Å²) in [7, 11) is 0. The molecule has 0 fully saturated rings. The maximum Gasteiger partial charge on any atom is 0.198 e. The van der Waals surface area contributed by atoms with E-state index in [1.807, 2.05) is 32.0 Å². The van der Waals surface area contributed by atoms with Gasteiger partial charge in [0.05, 0.1) is 0 Å². The molecule has 0 aliphatic heterocycles. The van der Waals surface area contributed by atoms with Crippen LogP contribution in [0.15, 0.2) is 48.6 Å². The molecule has 0 spiro atoms. The van der Waals surface area contributed by atoms with Crippen LogP contribution in [0.4, 0.5) is 0 Å². The molecule has 1 aromatic carbocycles. The van der Waals surface area contributed by atoms with Crippen LogP contribution >= 0.6 is 0 Å². The van der Waals surface area contributed by atoms with Crippen molar-refractivity contribution < 1.29 is 9.47 Å². The van der Waals surface area contributed by atoms with Gasteiger partial charge in [0.1, 0.15) is 0 Å². The predicted molar refractivity (Wildman–Crippen MR) is 74.2 cm³/mol. The van der Waals surface area contributed by atoms with E-state index in [1.165, 1.54) is 0 Å². The second kappa shape index (κ2) is 5.98. The normalized spacial score (nSPS) is 17.6. The minimum absolute atomic E-state index is 0.625. The molecule has 0 unspecified atom stereocenters. The maximum absolute atomic E-state index is 5.94. The minimum atomic E-state index is -0.625. The molecule has 0 N–H and O–H groups in total. The Morgan fingerprint density at radius 3 is 2.33 bits per heavy atom. The van der Waals surface area contributed by atoms with E-state index < -0.39 is 5.79 Å². The molecule has 0 saturated carbocycles. The summed E-state index contributed by atoms with van der Waals surface area (Å²) in [5.74, 6) is -0.625. The highest BCUT2D eigenvalue weighted by atomic mass is 16.7. The number of hydrogen-bond acceptors (Lipinski definition) is 2. The van der Waals surface area contributed by atoms with E-state index >= 15 is 0 Å². The van der Waals surface area contributed by atoms with E-state index in [-0.39, 0.29) is 0 Å². The SMILES string of the molecule is CCOC1(OCC)CC=CC=C1c1ccccc1. The van der Waals surface area contributed by atoms with E-state index in [0.717, 1.165) is 17.6 Å². The first-order valence-corrected chi connectivity index (χ1v) is 6.53. The Balaban J connectivity index is 2.39. The molecule has 0 heterocycles. The number of rotatable bonds is 5. The Labute approximate surface area is 109 Å². The molecule has 0 amide bonds. The van der Waals surface area contributed by atoms with Crippen molar-refractivity contribution in [1.29, 1.82) is 0 Å². The van der Waals surface area contributed by atoms with Gasteiger partial charge in [-0.2, -0.15) is 0 Å². The lowest BCUT2D eigenvalue weighted by atomic mass is 9.91. The fraction of sp³-hybridized carbons (Fsp3) is 0.375. The lowest BCUT2D eigenvalue weighted by Gasteiger charge is -2.36. The lowest BCUT2D eigenvalue weighted by molar-refractivity contribution is -0.189. The van der Waals surface area contributed by atoms with Crippen molar-refractivity contribution in [3.8, 4) is 0 Å². The van der Waals surface area contributed by atoms with Crippen molar-refractivity contribution in [2.75, 3.05) is 13.2 Å². The molecule has 18 heavy (non-hydrogen) atoms. The van der Waals surface area contributed by atoms with Gasteiger partial charge in [-0.15, -0.1) is 0 Å². The zero-order valence-electron chi connectivity index (χ0n) is 11.1. The first-order chi connectivity index (χ1) is 8.82. The molecule has 0 aromatic heterocycles. The van der Waals surface area contributed by atoms with Gasteiger partial charge in [-0.1, -0.05) is 48.6 Å². The molecule has 2 rings (SSSR count). The molecular formula is C16H20O2. The van der Waals surface area contributed by atoms with Crippen molar-refractivity contribution in [2.45, 2.75) is 26.1 Å². The third-order valence-corrected chi connectivity index (χ3v) is 3.04. The van der Waals surface area contributed by atoms with Gasteiger partial charge in [0.2, 0.25) is 0 Å². The third-order valence-electron chi connectivity index (χ3n) is 3.04. The highest BCUT2D eigenvalue weighted by Crippen LogP contribution is 2.37. The van der Waals surface area contributed by atoms with Crippen molar-refractivity contribution in [2.24, 2.45) is 0 Å². The summed E-state index contributed by atoms with van der Waals surface area (Å²) < 4.78 is 11.9. The van der Waals surface area contributed by atoms with Gasteiger partial charge in [0.25, 0.3) is 0 Å². The zero-order chi connectivity index (χ0) is 12.8. The van der Waals surface area contributed by atoms with Crippen LogP contribution in [0, 0.1) is 0 Å². The van der Waals surface area contributed by atoms with Gasteiger partial charge in [-0.05, 0) is 19.4 Å². The Morgan fingerprint density at radius 2 is 1.72 bits per heavy atom. The Hall–Kier alpha value is -1.38. The molecular weight excluding hydrogens is 224 g/mol. The third kappa shape index (κ3) is 2.55. The monoisotopic (exact) mass is 244 g/mol. The van der Waals surface area contributed by atoms with Crippen LogP contribution < -0.4 is 0 Å². The number of benzene rings is 1. The molecule has 0 bridgehead atoms. The predicted octanol–water partition coefficient (Wildman–Crippen LogP) is 3.80. The Morgan fingerprint density at radius 1 is 1.06 bits per heavy atom. The molecule has 96 valence electrons. The summed E-state index contributed by atoms with van der Waals surface area (Å²) in [6, 6.07) is 10.3. The molecule has 0 atom stereocenters. The zero-order valence-corrected chi connectivity index (χ0v) is 11.1. The fourth-order valence-electron chi connectivity index (χ4n) is 2.34. The van der Waals surface area contributed by atoms with Crippen LogP contribution in [0.5, 0.6) is 0 Å². The summed E-state index contributed by atoms with van der Waals surface area (Å²) in [6.45, 7) is 5.28. The van der Waals surface area contributed by atoms with Crippen LogP contribution in [-0.2, 0) is 9.47 Å². The molecule has 0 radical (unpaired) electrons. The van der Waals surface area contributed by atoms with Crippen molar-refractivity contribution >= 4 is 5.57 Å². The quantitative estimate of drug-likeness (QED) is 0.733. The van der Waals surface area contributed by atoms with Gasteiger partial charge in [-0.25, -0.2) is 0 Å². The minimum Gasteiger partial charge on any atom is -0.346 e. The maximum atomic E-state index is 5.94. The van der Waals surface area contributed by atoms with Crippen LogP contribution in [-0.4, -0.2) is 19.0 Å². The second-order valence-electron chi connectivity index (χ2n) is 4.20. The Bertz CT molecular complexity index is 426. The van der Waals surface area contributed by atoms with Crippen LogP contribution in [0.25, 0.3) is 5.57 Å². The fourth-order valence-corrected chi connectivity index (χ4v) is 2.34. The molecule has 0 saturated heterocycles. The summed E-state index contributed by atoms with van der Waals surface area (Å²) in [6.07, 6.45) is 7.01. The molecule has 2 nitrogen and oxygen atoms in total. The average Bonchev–Trinajstić information content (AvgIpc) is 2.41. The summed E-state index contributed by atoms with van der Waals surface area (Å²) in [4.78, 5) is 0. The summed E-state index contributed by atoms with van der Waals surface area (Å²) >= 11 is 0. The van der Waals surface area contributed by atoms with Crippen LogP contribution in [0.3, 0.4) is 0 Å². The van der Waals surface area contributed by atoms with E-state index in [9.17, 15) is 0 Å². The van der Waals surface area contributed by atoms with Gasteiger partial charge in [0, 0.05) is 25.2 Å². The second-order valence-corrected chi connectivity index (χ2v) is 4.20. The molecule has 1 aliphatic rings. The van der Waals surface area contributed by atoms with Crippen molar-refractivity contribution in [3.05, 3.63) is 54.1 Å². The van der Waals surface area contributed by atoms with Crippen molar-refractivity contribution in [1.82, 2.24) is 0 Å². The Kier molecular flexibility index (Phi) is 4.34. The number of allylic oxidation sites excluding steroid dienone is 2. The van der Waals surface area contributed by atoms with E-state index in [2.05, 4.69) is 30.4 Å². The molecule has 1 aromatic rings. The van der Waals surface area contributed by atoms with Gasteiger partial charge in [0.15, 0.2) is 5.79 Å². The highest BCUT2D eigenvalue weighted by Gasteiger charge is 2.36. The van der Waals surface area contributed by atoms with Gasteiger partial charge >= 0.3 is 0 Å². The lowest BCUT2D eigenvalue weighted by Crippen LogP contribution is -2.38. The van der Waals surface area contributed by atoms with Crippen LogP contribution in [0.1, 0.15) is 25.8 Å². The van der Waals surface area contributed by atoms with Gasteiger partial charge in [-0.3, -0.25) is 0 Å². The highest BCUT2D eigenvalue weighted by molar-refractivity contribution is 5.73. The number of hydrogen-bond donors (Lipinski definition) is 0. The smallest absolute Gasteiger partial charge is 0.198 e. The first-order valence-electron chi connectivity index (χ1n) is 6.53. The summed E-state index contributed by atoms with van der Waals surface area (Å²) in [5, 5.41) is 0. The van der Waals surface area contributed by atoms with E-state index in [0.29, 0.717) is 13.2 Å². The van der Waals surface area contributed by atoms with Crippen molar-refractivity contribution in [3.63, 3.8) is 0 Å². The van der Waals surface area contributed by atoms with E-state index in [1.54, 1.807) is 0 Å². The van der Waals surface area contributed by atoms with Crippen LogP contribution in [0.2, 0.25) is 0 Å². The average molecular weight is 244 g/mol. The summed E-state index contributed by atoms with van der Waals surface area (Å²) in [5.41, 5.74) is 2.26. The largest absolute Gasteiger partial charge is 0.346 e. The van der Waals surface area contributed by atoms with E-state index in [4.69, 9.17) is 9.47 Å². The standard InChI is InChI=1S/C16H20O2/c1-3-17-16(18-4-2)13-9-8-12-15(16)14-10-6-5-7-11-14/h5-12H,3-4,13H2,1-2H3. The van der Waals surface area contributed by atoms with Gasteiger partial charge < -0.3 is 9.47 Å². The molecule has 2 heteroatoms. The first kappa shape index (κ1) is 13.1.